The summed E-state index contributed by atoms with van der Waals surface area (Å²) >= 11 is 0. The van der Waals surface area contributed by atoms with E-state index in [-0.39, 0.29) is 6.61 Å². The van der Waals surface area contributed by atoms with E-state index in [4.69, 9.17) is 5.11 Å². The largest absolute Gasteiger partial charge is 0.392 e. The molecule has 54 valence electrons. The van der Waals surface area contributed by atoms with E-state index in [1.807, 2.05) is 6.08 Å². The molecule has 9 heavy (non-hydrogen) atoms. The van der Waals surface area contributed by atoms with Gasteiger partial charge in [-0.3, -0.25) is 0 Å². The monoisotopic (exact) mass is 128 g/mol. The Balaban J connectivity index is 3.15. The zero-order chi connectivity index (χ0) is 7.11. The summed E-state index contributed by atoms with van der Waals surface area (Å²) in [6, 6.07) is 0. The number of aliphatic hydroxyl groups is 1. The standard InChI is InChI=1S/C8H16O/c1-3-8(2)6-4-5-7-9/h4-5,8-9H,3,6-7H2,1-2H3. The van der Waals surface area contributed by atoms with E-state index in [1.165, 1.54) is 6.42 Å². The molecule has 0 bridgehead atoms. The van der Waals surface area contributed by atoms with Gasteiger partial charge in [0, 0.05) is 0 Å². The maximum Gasteiger partial charge on any atom is 0.0612 e. The SMILES string of the molecule is CCC(C)CC=CCO. The minimum Gasteiger partial charge on any atom is -0.392 e. The Morgan fingerprint density at radius 1 is 1.44 bits per heavy atom. The molecule has 0 aromatic rings. The minimum atomic E-state index is 0.177. The summed E-state index contributed by atoms with van der Waals surface area (Å²) in [7, 11) is 0. The van der Waals surface area contributed by atoms with Crippen molar-refractivity contribution in [3.8, 4) is 0 Å². The zero-order valence-electron chi connectivity index (χ0n) is 6.30. The predicted octanol–water partition coefficient (Wildman–Crippen LogP) is 1.97. The number of rotatable bonds is 4. The van der Waals surface area contributed by atoms with Gasteiger partial charge in [0.15, 0.2) is 0 Å². The topological polar surface area (TPSA) is 20.2 Å². The molecule has 1 N–H and O–H groups in total. The van der Waals surface area contributed by atoms with Crippen molar-refractivity contribution in [2.24, 2.45) is 5.92 Å². The summed E-state index contributed by atoms with van der Waals surface area (Å²) in [5.41, 5.74) is 0. The lowest BCUT2D eigenvalue weighted by molar-refractivity contribution is 0.342. The average Bonchev–Trinajstić information content (AvgIpc) is 1.89. The fourth-order valence-corrected chi connectivity index (χ4v) is 0.570. The Morgan fingerprint density at radius 2 is 2.11 bits per heavy atom. The maximum atomic E-state index is 8.37. The first-order valence-electron chi connectivity index (χ1n) is 3.57. The molecule has 1 atom stereocenters. The molecule has 1 unspecified atom stereocenters. The van der Waals surface area contributed by atoms with Crippen LogP contribution in [0, 0.1) is 5.92 Å². The Bertz CT molecular complexity index is 76.6. The van der Waals surface area contributed by atoms with Crippen LogP contribution in [0.25, 0.3) is 0 Å². The highest BCUT2D eigenvalue weighted by molar-refractivity contribution is 4.81. The zero-order valence-corrected chi connectivity index (χ0v) is 6.30. The van der Waals surface area contributed by atoms with Gasteiger partial charge in [-0.05, 0) is 12.3 Å². The second kappa shape index (κ2) is 5.83. The number of aliphatic hydroxyl groups excluding tert-OH is 1. The first kappa shape index (κ1) is 8.70. The highest BCUT2D eigenvalue weighted by Gasteiger charge is 1.91. The summed E-state index contributed by atoms with van der Waals surface area (Å²) in [4.78, 5) is 0. The van der Waals surface area contributed by atoms with Gasteiger partial charge in [0.1, 0.15) is 0 Å². The molecule has 0 radical (unpaired) electrons. The van der Waals surface area contributed by atoms with E-state index in [9.17, 15) is 0 Å². The molecule has 0 rings (SSSR count). The molecule has 0 aromatic carbocycles. The maximum absolute atomic E-state index is 8.37. The lowest BCUT2D eigenvalue weighted by Gasteiger charge is -2.01. The molecular weight excluding hydrogens is 112 g/mol. The van der Waals surface area contributed by atoms with Crippen LogP contribution < -0.4 is 0 Å². The van der Waals surface area contributed by atoms with Crippen molar-refractivity contribution in [3.05, 3.63) is 12.2 Å². The Morgan fingerprint density at radius 3 is 2.56 bits per heavy atom. The van der Waals surface area contributed by atoms with Crippen LogP contribution in [0.5, 0.6) is 0 Å². The van der Waals surface area contributed by atoms with Gasteiger partial charge in [-0.2, -0.15) is 0 Å². The molecule has 0 aromatic heterocycles. The van der Waals surface area contributed by atoms with Gasteiger partial charge in [0.25, 0.3) is 0 Å². The summed E-state index contributed by atoms with van der Waals surface area (Å²) in [5, 5.41) is 8.37. The second-order valence-electron chi connectivity index (χ2n) is 2.40. The third-order valence-electron chi connectivity index (χ3n) is 1.51. The fraction of sp³-hybridized carbons (Fsp3) is 0.750. The van der Waals surface area contributed by atoms with Crippen LogP contribution in [0.1, 0.15) is 26.7 Å². The van der Waals surface area contributed by atoms with E-state index in [0.717, 1.165) is 12.3 Å². The van der Waals surface area contributed by atoms with Gasteiger partial charge in [-0.1, -0.05) is 32.4 Å². The lowest BCUT2D eigenvalue weighted by atomic mass is 10.1. The molecule has 1 nitrogen and oxygen atoms in total. The average molecular weight is 128 g/mol. The highest BCUT2D eigenvalue weighted by atomic mass is 16.2. The normalized spacial score (nSPS) is 14.6. The molecule has 0 heterocycles. The van der Waals surface area contributed by atoms with Crippen LogP contribution in [0.2, 0.25) is 0 Å². The fourth-order valence-electron chi connectivity index (χ4n) is 0.570. The number of hydrogen-bond acceptors (Lipinski definition) is 1. The van der Waals surface area contributed by atoms with Crippen molar-refractivity contribution in [3.63, 3.8) is 0 Å². The third kappa shape index (κ3) is 5.57. The van der Waals surface area contributed by atoms with Crippen LogP contribution in [0.15, 0.2) is 12.2 Å². The molecule has 0 fully saturated rings. The quantitative estimate of drug-likeness (QED) is 0.574. The Labute approximate surface area is 57.4 Å². The summed E-state index contributed by atoms with van der Waals surface area (Å²) in [6.45, 7) is 4.57. The number of allylic oxidation sites excluding steroid dienone is 1. The van der Waals surface area contributed by atoms with Gasteiger partial charge in [0.2, 0.25) is 0 Å². The van der Waals surface area contributed by atoms with Crippen molar-refractivity contribution >= 4 is 0 Å². The molecule has 0 aliphatic rings. The van der Waals surface area contributed by atoms with Gasteiger partial charge in [0.05, 0.1) is 6.61 Å². The van der Waals surface area contributed by atoms with Crippen molar-refractivity contribution in [2.45, 2.75) is 26.7 Å². The molecule has 1 heteroatoms. The van der Waals surface area contributed by atoms with Crippen LogP contribution in [-0.4, -0.2) is 11.7 Å². The minimum absolute atomic E-state index is 0.177. The van der Waals surface area contributed by atoms with Gasteiger partial charge in [-0.15, -0.1) is 0 Å². The molecule has 0 aliphatic heterocycles. The smallest absolute Gasteiger partial charge is 0.0612 e. The van der Waals surface area contributed by atoms with E-state index in [2.05, 4.69) is 13.8 Å². The Kier molecular flexibility index (Phi) is 5.64. The molecular formula is C8H16O. The van der Waals surface area contributed by atoms with Crippen LogP contribution in [0.3, 0.4) is 0 Å². The van der Waals surface area contributed by atoms with E-state index in [0.29, 0.717) is 0 Å². The van der Waals surface area contributed by atoms with Crippen molar-refractivity contribution < 1.29 is 5.11 Å². The van der Waals surface area contributed by atoms with E-state index >= 15 is 0 Å². The second-order valence-corrected chi connectivity index (χ2v) is 2.40. The summed E-state index contributed by atoms with van der Waals surface area (Å²) < 4.78 is 0. The third-order valence-corrected chi connectivity index (χ3v) is 1.51. The van der Waals surface area contributed by atoms with Gasteiger partial charge in [-0.25, -0.2) is 0 Å². The molecule has 0 amide bonds. The first-order chi connectivity index (χ1) is 4.31. The molecule has 0 aliphatic carbocycles. The van der Waals surface area contributed by atoms with Crippen molar-refractivity contribution in [1.82, 2.24) is 0 Å². The predicted molar refractivity (Wildman–Crippen MR) is 40.3 cm³/mol. The molecule has 0 saturated heterocycles. The molecule has 0 spiro atoms. The molecule has 0 saturated carbocycles. The Hall–Kier alpha value is -0.300. The first-order valence-corrected chi connectivity index (χ1v) is 3.57. The number of hydrogen-bond donors (Lipinski definition) is 1. The lowest BCUT2D eigenvalue weighted by Crippen LogP contribution is -1.87. The van der Waals surface area contributed by atoms with E-state index < -0.39 is 0 Å². The van der Waals surface area contributed by atoms with E-state index in [1.54, 1.807) is 6.08 Å². The van der Waals surface area contributed by atoms with Crippen LogP contribution in [-0.2, 0) is 0 Å². The highest BCUT2D eigenvalue weighted by Crippen LogP contribution is 2.05. The van der Waals surface area contributed by atoms with Crippen molar-refractivity contribution in [2.75, 3.05) is 6.61 Å². The summed E-state index contributed by atoms with van der Waals surface area (Å²) in [6.07, 6.45) is 6.15. The van der Waals surface area contributed by atoms with Crippen molar-refractivity contribution in [1.29, 1.82) is 0 Å². The van der Waals surface area contributed by atoms with Gasteiger partial charge >= 0.3 is 0 Å². The summed E-state index contributed by atoms with van der Waals surface area (Å²) in [5.74, 6) is 0.757. The van der Waals surface area contributed by atoms with Crippen LogP contribution >= 0.6 is 0 Å². The van der Waals surface area contributed by atoms with Gasteiger partial charge < -0.3 is 5.11 Å². The van der Waals surface area contributed by atoms with Crippen LogP contribution in [0.4, 0.5) is 0 Å².